The first kappa shape index (κ1) is 10.4. The third kappa shape index (κ3) is 2.67. The number of Topliss-reactive ketones (excluding diaryl/α,β-unsaturated/α-hetero) is 1. The molecule has 0 aromatic heterocycles. The summed E-state index contributed by atoms with van der Waals surface area (Å²) in [7, 11) is 0. The maximum atomic E-state index is 11.3. The molecule has 0 atom stereocenters. The summed E-state index contributed by atoms with van der Waals surface area (Å²) in [5.41, 5.74) is 0.289. The summed E-state index contributed by atoms with van der Waals surface area (Å²) in [6, 6.07) is 8.16. The van der Waals surface area contributed by atoms with E-state index in [0.29, 0.717) is 0 Å². The van der Waals surface area contributed by atoms with Gasteiger partial charge >= 0.3 is 5.97 Å². The van der Waals surface area contributed by atoms with E-state index in [2.05, 4.69) is 9.78 Å². The second-order valence-corrected chi connectivity index (χ2v) is 2.47. The SMILES string of the molecule is CCOOC(=O)C(=O)c1ccccc1. The Bertz CT molecular complexity index is 318. The molecule has 4 nitrogen and oxygen atoms in total. The van der Waals surface area contributed by atoms with Crippen LogP contribution >= 0.6 is 0 Å². The van der Waals surface area contributed by atoms with E-state index in [1.807, 2.05) is 0 Å². The third-order valence-corrected chi connectivity index (χ3v) is 1.47. The molecule has 74 valence electrons. The fraction of sp³-hybridized carbons (Fsp3) is 0.200. The minimum Gasteiger partial charge on any atom is -0.289 e. The van der Waals surface area contributed by atoms with Gasteiger partial charge in [-0.2, -0.15) is 4.89 Å². The fourth-order valence-electron chi connectivity index (χ4n) is 0.858. The maximum absolute atomic E-state index is 11.3. The van der Waals surface area contributed by atoms with Crippen LogP contribution < -0.4 is 0 Å². The highest BCUT2D eigenvalue weighted by molar-refractivity contribution is 6.40. The summed E-state index contributed by atoms with van der Waals surface area (Å²) >= 11 is 0. The molecule has 1 aromatic rings. The molecular formula is C10H10O4. The Labute approximate surface area is 81.4 Å². The summed E-state index contributed by atoms with van der Waals surface area (Å²) in [6.45, 7) is 1.87. The smallest absolute Gasteiger partial charge is 0.289 e. The van der Waals surface area contributed by atoms with Crippen LogP contribution in [0.5, 0.6) is 0 Å². The largest absolute Gasteiger partial charge is 0.413 e. The topological polar surface area (TPSA) is 52.6 Å². The van der Waals surface area contributed by atoms with Gasteiger partial charge in [-0.25, -0.2) is 4.79 Å². The predicted molar refractivity (Wildman–Crippen MR) is 48.5 cm³/mol. The van der Waals surface area contributed by atoms with Gasteiger partial charge in [0.25, 0.3) is 5.78 Å². The highest BCUT2D eigenvalue weighted by Crippen LogP contribution is 2.01. The molecule has 0 fully saturated rings. The molecule has 0 heterocycles. The Kier molecular flexibility index (Phi) is 3.82. The Hall–Kier alpha value is -1.68. The van der Waals surface area contributed by atoms with Crippen LogP contribution in [-0.2, 0) is 14.6 Å². The lowest BCUT2D eigenvalue weighted by atomic mass is 10.1. The molecule has 0 unspecified atom stereocenters. The van der Waals surface area contributed by atoms with Gasteiger partial charge in [0.1, 0.15) is 0 Å². The molecule has 14 heavy (non-hydrogen) atoms. The van der Waals surface area contributed by atoms with Gasteiger partial charge in [0, 0.05) is 5.56 Å². The monoisotopic (exact) mass is 194 g/mol. The van der Waals surface area contributed by atoms with E-state index in [9.17, 15) is 9.59 Å². The highest BCUT2D eigenvalue weighted by atomic mass is 17.2. The normalized spacial score (nSPS) is 9.50. The van der Waals surface area contributed by atoms with Crippen LogP contribution in [0.25, 0.3) is 0 Å². The standard InChI is InChI=1S/C10H10O4/c1-2-13-14-10(12)9(11)8-6-4-3-5-7-8/h3-7H,2H2,1H3. The summed E-state index contributed by atoms with van der Waals surface area (Å²) in [5.74, 6) is -1.71. The average molecular weight is 194 g/mol. The Morgan fingerprint density at radius 1 is 1.21 bits per heavy atom. The Morgan fingerprint density at radius 2 is 1.86 bits per heavy atom. The zero-order valence-corrected chi connectivity index (χ0v) is 7.73. The summed E-state index contributed by atoms with van der Waals surface area (Å²) in [5, 5.41) is 0. The molecule has 1 rings (SSSR count). The maximum Gasteiger partial charge on any atom is 0.413 e. The van der Waals surface area contributed by atoms with Crippen molar-refractivity contribution in [2.24, 2.45) is 0 Å². The van der Waals surface area contributed by atoms with E-state index in [-0.39, 0.29) is 12.2 Å². The van der Waals surface area contributed by atoms with Gasteiger partial charge in [-0.15, -0.1) is 0 Å². The second kappa shape index (κ2) is 5.14. The minimum absolute atomic E-state index is 0.216. The Balaban J connectivity index is 2.62. The van der Waals surface area contributed by atoms with E-state index in [0.717, 1.165) is 0 Å². The van der Waals surface area contributed by atoms with Gasteiger partial charge in [-0.1, -0.05) is 30.3 Å². The minimum atomic E-state index is -1.00. The quantitative estimate of drug-likeness (QED) is 0.314. The van der Waals surface area contributed by atoms with E-state index < -0.39 is 11.8 Å². The molecular weight excluding hydrogens is 184 g/mol. The van der Waals surface area contributed by atoms with Crippen LogP contribution in [0, 0.1) is 0 Å². The summed E-state index contributed by atoms with van der Waals surface area (Å²) in [4.78, 5) is 30.9. The van der Waals surface area contributed by atoms with Gasteiger partial charge in [0.05, 0.1) is 6.61 Å². The molecule has 0 spiro atoms. The highest BCUT2D eigenvalue weighted by Gasteiger charge is 2.18. The van der Waals surface area contributed by atoms with Crippen LogP contribution in [0.15, 0.2) is 30.3 Å². The van der Waals surface area contributed by atoms with E-state index in [1.54, 1.807) is 25.1 Å². The van der Waals surface area contributed by atoms with E-state index in [4.69, 9.17) is 0 Å². The molecule has 0 saturated carbocycles. The molecule has 0 amide bonds. The van der Waals surface area contributed by atoms with Gasteiger partial charge in [0.15, 0.2) is 0 Å². The van der Waals surface area contributed by atoms with Crippen molar-refractivity contribution in [1.29, 1.82) is 0 Å². The van der Waals surface area contributed by atoms with Crippen molar-refractivity contribution >= 4 is 11.8 Å². The molecule has 0 bridgehead atoms. The van der Waals surface area contributed by atoms with Crippen LogP contribution in [0.1, 0.15) is 17.3 Å². The van der Waals surface area contributed by atoms with Crippen molar-refractivity contribution in [3.63, 3.8) is 0 Å². The number of carbonyl (C=O) groups is 2. The lowest BCUT2D eigenvalue weighted by Crippen LogP contribution is -2.17. The zero-order valence-electron chi connectivity index (χ0n) is 7.73. The van der Waals surface area contributed by atoms with Crippen molar-refractivity contribution in [2.45, 2.75) is 6.92 Å². The molecule has 0 radical (unpaired) electrons. The van der Waals surface area contributed by atoms with Crippen molar-refractivity contribution in [3.8, 4) is 0 Å². The zero-order chi connectivity index (χ0) is 10.4. The van der Waals surface area contributed by atoms with Crippen LogP contribution in [0.3, 0.4) is 0 Å². The van der Waals surface area contributed by atoms with Crippen LogP contribution in [0.2, 0.25) is 0 Å². The van der Waals surface area contributed by atoms with Crippen LogP contribution in [0.4, 0.5) is 0 Å². The molecule has 0 aliphatic rings. The number of hydrogen-bond acceptors (Lipinski definition) is 4. The lowest BCUT2D eigenvalue weighted by molar-refractivity contribution is -0.263. The summed E-state index contributed by atoms with van der Waals surface area (Å²) in [6.07, 6.45) is 0. The van der Waals surface area contributed by atoms with E-state index in [1.165, 1.54) is 12.1 Å². The first-order chi connectivity index (χ1) is 6.75. The summed E-state index contributed by atoms with van der Waals surface area (Å²) < 4.78 is 0. The number of benzene rings is 1. The first-order valence-corrected chi connectivity index (χ1v) is 4.19. The lowest BCUT2D eigenvalue weighted by Gasteiger charge is -1.99. The second-order valence-electron chi connectivity index (χ2n) is 2.47. The number of rotatable bonds is 4. The fourth-order valence-corrected chi connectivity index (χ4v) is 0.858. The van der Waals surface area contributed by atoms with E-state index >= 15 is 0 Å². The predicted octanol–water partition coefficient (Wildman–Crippen LogP) is 1.36. The number of hydrogen-bond donors (Lipinski definition) is 0. The van der Waals surface area contributed by atoms with Crippen molar-refractivity contribution < 1.29 is 19.4 Å². The molecule has 0 aliphatic heterocycles. The van der Waals surface area contributed by atoms with Gasteiger partial charge in [-0.3, -0.25) is 9.68 Å². The number of carbonyl (C=O) groups excluding carboxylic acids is 2. The van der Waals surface area contributed by atoms with Crippen molar-refractivity contribution in [1.82, 2.24) is 0 Å². The first-order valence-electron chi connectivity index (χ1n) is 4.19. The molecule has 0 aliphatic carbocycles. The molecule has 1 aromatic carbocycles. The van der Waals surface area contributed by atoms with Crippen LogP contribution in [-0.4, -0.2) is 18.4 Å². The molecule has 0 saturated heterocycles. The number of ketones is 1. The van der Waals surface area contributed by atoms with Crippen molar-refractivity contribution in [2.75, 3.05) is 6.61 Å². The molecule has 4 heteroatoms. The van der Waals surface area contributed by atoms with Crippen molar-refractivity contribution in [3.05, 3.63) is 35.9 Å². The Morgan fingerprint density at radius 3 is 2.43 bits per heavy atom. The molecule has 0 N–H and O–H groups in total. The van der Waals surface area contributed by atoms with Gasteiger partial charge in [0.2, 0.25) is 0 Å². The average Bonchev–Trinajstić information content (AvgIpc) is 2.26. The third-order valence-electron chi connectivity index (χ3n) is 1.47. The van der Waals surface area contributed by atoms with Gasteiger partial charge in [-0.05, 0) is 6.92 Å². The van der Waals surface area contributed by atoms with Gasteiger partial charge < -0.3 is 0 Å².